The monoisotopic (exact) mass is 824 g/mol. The van der Waals surface area contributed by atoms with Crippen LogP contribution in [0.4, 0.5) is 0 Å². The number of nitrogens with zero attached hydrogens (tertiary/aromatic N) is 2. The summed E-state index contributed by atoms with van der Waals surface area (Å²) in [7, 11) is -5.09. The normalized spacial score (nSPS) is 12.3. The zero-order valence-corrected chi connectivity index (χ0v) is 33.8. The molecule has 0 fully saturated rings. The summed E-state index contributed by atoms with van der Waals surface area (Å²) in [6.45, 7) is 5.91. The van der Waals surface area contributed by atoms with Crippen molar-refractivity contribution in [1.82, 2.24) is 9.47 Å². The van der Waals surface area contributed by atoms with Crippen LogP contribution in [0, 0.1) is 10.8 Å². The standard InChI is InChI=1S/C33H50N2O18P2/c1-9-49-29(37)25-27(53-31(39)33(4,5)21-48-17-11-19-51-55(43,44)45)26(52-30(38)32(2,3)20-47-16-10-18-50-54(40,41)42)24(28(36)34(6)7)35(25)22-12-14-23(46-8)15-13-22/h12-15H,9-11,16-21H2,1-8H3,(H2,40,41,42)(H2,43,44,45). The molecule has 0 unspecified atom stereocenters. The number of phosphoric ester groups is 2. The van der Waals surface area contributed by atoms with Gasteiger partial charge in [-0.05, 0) is 71.7 Å². The average Bonchev–Trinajstić information content (AvgIpc) is 3.39. The molecule has 0 radical (unpaired) electrons. The van der Waals surface area contributed by atoms with E-state index in [1.165, 1.54) is 68.0 Å². The fourth-order valence-electron chi connectivity index (χ4n) is 4.42. The average molecular weight is 825 g/mol. The highest BCUT2D eigenvalue weighted by Gasteiger charge is 2.42. The molecule has 0 saturated carbocycles. The zero-order valence-electron chi connectivity index (χ0n) is 32.0. The highest BCUT2D eigenvalue weighted by Crippen LogP contribution is 2.44. The minimum absolute atomic E-state index is 0.0569. The number of hydrogen-bond acceptors (Lipinski definition) is 14. The Bertz CT molecular complexity index is 1730. The number of methoxy groups -OCH3 is 1. The Morgan fingerprint density at radius 2 is 1.16 bits per heavy atom. The summed E-state index contributed by atoms with van der Waals surface area (Å²) < 4.78 is 65.2. The fourth-order valence-corrected chi connectivity index (χ4v) is 5.15. The molecular formula is C33H50N2O18P2. The third kappa shape index (κ3) is 14.7. The van der Waals surface area contributed by atoms with Gasteiger partial charge in [-0.3, -0.25) is 28.0 Å². The lowest BCUT2D eigenvalue weighted by Crippen LogP contribution is -2.35. The third-order valence-corrected chi connectivity index (χ3v) is 8.34. The summed E-state index contributed by atoms with van der Waals surface area (Å²) in [5, 5.41) is 0. The number of hydrogen-bond donors (Lipinski definition) is 4. The van der Waals surface area contributed by atoms with Gasteiger partial charge in [-0.1, -0.05) is 0 Å². The lowest BCUT2D eigenvalue weighted by atomic mass is 9.95. The quantitative estimate of drug-likeness (QED) is 0.0712. The van der Waals surface area contributed by atoms with Crippen LogP contribution in [0.3, 0.4) is 0 Å². The van der Waals surface area contributed by atoms with E-state index < -0.39 is 67.5 Å². The number of ether oxygens (including phenoxy) is 6. The molecule has 20 nitrogen and oxygen atoms in total. The maximum atomic E-state index is 14.0. The van der Waals surface area contributed by atoms with Crippen molar-refractivity contribution in [2.75, 3.05) is 67.5 Å². The van der Waals surface area contributed by atoms with Crippen LogP contribution >= 0.6 is 15.6 Å². The minimum atomic E-state index is -4.68. The van der Waals surface area contributed by atoms with Gasteiger partial charge >= 0.3 is 33.6 Å². The van der Waals surface area contributed by atoms with Gasteiger partial charge in [0.15, 0.2) is 11.4 Å². The molecule has 310 valence electrons. The summed E-state index contributed by atoms with van der Waals surface area (Å²) >= 11 is 0. The van der Waals surface area contributed by atoms with Crippen LogP contribution in [0.1, 0.15) is 68.4 Å². The molecule has 2 rings (SSSR count). The van der Waals surface area contributed by atoms with Crippen molar-refractivity contribution in [2.45, 2.75) is 47.5 Å². The van der Waals surface area contributed by atoms with E-state index in [0.717, 1.165) is 9.47 Å². The second-order valence-electron chi connectivity index (χ2n) is 13.3. The number of rotatable bonds is 23. The van der Waals surface area contributed by atoms with E-state index >= 15 is 0 Å². The second kappa shape index (κ2) is 20.5. The summed E-state index contributed by atoms with van der Waals surface area (Å²) in [4.78, 5) is 92.1. The van der Waals surface area contributed by atoms with Crippen LogP contribution in [0.15, 0.2) is 24.3 Å². The van der Waals surface area contributed by atoms with Crippen LogP contribution in [-0.4, -0.2) is 120 Å². The van der Waals surface area contributed by atoms with E-state index in [2.05, 4.69) is 9.05 Å². The Balaban J connectivity index is 2.68. The molecule has 4 N–H and O–H groups in total. The van der Waals surface area contributed by atoms with Crippen molar-refractivity contribution in [3.8, 4) is 22.9 Å². The smallest absolute Gasteiger partial charge is 0.469 e. The first-order valence-corrected chi connectivity index (χ1v) is 19.8. The molecule has 22 heteroatoms. The van der Waals surface area contributed by atoms with Gasteiger partial charge in [0, 0.05) is 33.0 Å². The third-order valence-electron chi connectivity index (χ3n) is 7.30. The maximum absolute atomic E-state index is 14.0. The predicted octanol–water partition coefficient (Wildman–Crippen LogP) is 3.26. The lowest BCUT2D eigenvalue weighted by molar-refractivity contribution is -0.150. The Morgan fingerprint density at radius 1 is 0.727 bits per heavy atom. The van der Waals surface area contributed by atoms with E-state index in [-0.39, 0.29) is 70.5 Å². The second-order valence-corrected chi connectivity index (χ2v) is 15.8. The largest absolute Gasteiger partial charge is 0.497 e. The van der Waals surface area contributed by atoms with Gasteiger partial charge in [0.05, 0.1) is 51.0 Å². The van der Waals surface area contributed by atoms with Crippen LogP contribution in [0.2, 0.25) is 0 Å². The van der Waals surface area contributed by atoms with Gasteiger partial charge in [0.2, 0.25) is 11.5 Å². The number of carbonyl (C=O) groups excluding carboxylic acids is 4. The van der Waals surface area contributed by atoms with Crippen LogP contribution in [-0.2, 0) is 42.0 Å². The van der Waals surface area contributed by atoms with Crippen molar-refractivity contribution in [3.63, 3.8) is 0 Å². The fraction of sp³-hybridized carbons (Fsp3) is 0.576. The van der Waals surface area contributed by atoms with Gasteiger partial charge in [0.1, 0.15) is 5.75 Å². The molecule has 0 spiro atoms. The SMILES string of the molecule is CCOC(=O)c1c(OC(=O)C(C)(C)COCCCOP(=O)(O)O)c(OC(=O)C(C)(C)COCCCOP(=O)(O)O)c(C(=O)N(C)C)n1-c1ccc(OC)cc1. The molecule has 0 atom stereocenters. The Morgan fingerprint density at radius 3 is 1.55 bits per heavy atom. The number of esters is 3. The molecule has 55 heavy (non-hydrogen) atoms. The number of amides is 1. The number of carbonyl (C=O) groups is 4. The molecule has 1 aromatic carbocycles. The van der Waals surface area contributed by atoms with E-state index in [9.17, 15) is 28.3 Å². The van der Waals surface area contributed by atoms with Gasteiger partial charge in [0.25, 0.3) is 5.91 Å². The van der Waals surface area contributed by atoms with Crippen LogP contribution < -0.4 is 14.2 Å². The van der Waals surface area contributed by atoms with E-state index in [1.54, 1.807) is 12.1 Å². The molecule has 0 saturated heterocycles. The Hall–Kier alpha value is -3.68. The Kier molecular flexibility index (Phi) is 17.7. The molecule has 0 aliphatic rings. The van der Waals surface area contributed by atoms with Crippen molar-refractivity contribution in [1.29, 1.82) is 0 Å². The first-order valence-electron chi connectivity index (χ1n) is 16.8. The molecule has 0 bridgehead atoms. The summed E-state index contributed by atoms with van der Waals surface area (Å²) in [6, 6.07) is 6.10. The van der Waals surface area contributed by atoms with Crippen molar-refractivity contribution >= 4 is 39.5 Å². The maximum Gasteiger partial charge on any atom is 0.469 e. The molecule has 1 amide bonds. The van der Waals surface area contributed by atoms with E-state index in [0.29, 0.717) is 5.75 Å². The molecule has 2 aromatic rings. The highest BCUT2D eigenvalue weighted by molar-refractivity contribution is 7.46. The number of phosphoric acid groups is 2. The summed E-state index contributed by atoms with van der Waals surface area (Å²) in [6.07, 6.45) is 0.150. The Labute approximate surface area is 318 Å². The summed E-state index contributed by atoms with van der Waals surface area (Å²) in [5.41, 5.74) is -3.58. The van der Waals surface area contributed by atoms with Gasteiger partial charge in [-0.2, -0.15) is 0 Å². The zero-order chi connectivity index (χ0) is 41.8. The molecular weight excluding hydrogens is 774 g/mol. The van der Waals surface area contributed by atoms with E-state index in [4.69, 9.17) is 48.0 Å². The first kappa shape index (κ1) is 47.5. The molecule has 1 aromatic heterocycles. The van der Waals surface area contributed by atoms with Gasteiger partial charge in [-0.15, -0.1) is 0 Å². The highest BCUT2D eigenvalue weighted by atomic mass is 31.2. The predicted molar refractivity (Wildman–Crippen MR) is 192 cm³/mol. The van der Waals surface area contributed by atoms with Gasteiger partial charge < -0.3 is 52.9 Å². The lowest BCUT2D eigenvalue weighted by Gasteiger charge is -2.24. The van der Waals surface area contributed by atoms with E-state index in [1.807, 2.05) is 0 Å². The minimum Gasteiger partial charge on any atom is -0.497 e. The van der Waals surface area contributed by atoms with Gasteiger partial charge in [-0.25, -0.2) is 13.9 Å². The molecule has 0 aliphatic carbocycles. The molecule has 0 aliphatic heterocycles. The summed E-state index contributed by atoms with van der Waals surface area (Å²) in [5.74, 6) is -4.57. The van der Waals surface area contributed by atoms with Crippen LogP contribution in [0.5, 0.6) is 17.2 Å². The van der Waals surface area contributed by atoms with Crippen molar-refractivity contribution in [2.24, 2.45) is 10.8 Å². The van der Waals surface area contributed by atoms with Crippen molar-refractivity contribution < 1.29 is 85.4 Å². The topological polar surface area (TPSA) is 265 Å². The van der Waals surface area contributed by atoms with Crippen molar-refractivity contribution in [3.05, 3.63) is 35.7 Å². The number of aromatic nitrogens is 1. The van der Waals surface area contributed by atoms with Crippen LogP contribution in [0.25, 0.3) is 5.69 Å². The molecule has 1 heterocycles. The first-order chi connectivity index (χ1) is 25.5. The number of benzene rings is 1.